The first kappa shape index (κ1) is 14.7. The number of carbonyl (C=O) groups excluding carboxylic acids is 1. The number of carboxylic acids is 1. The monoisotopic (exact) mass is 288 g/mol. The van der Waals surface area contributed by atoms with E-state index in [4.69, 9.17) is 5.11 Å². The molecule has 4 nitrogen and oxygen atoms in total. The molecule has 1 atom stereocenters. The summed E-state index contributed by atoms with van der Waals surface area (Å²) < 4.78 is 12.9. The zero-order chi connectivity index (χ0) is 15.4. The number of hydrogen-bond donors (Lipinski definition) is 2. The van der Waals surface area contributed by atoms with Gasteiger partial charge in [0.2, 0.25) is 0 Å². The van der Waals surface area contributed by atoms with Gasteiger partial charge in [0.25, 0.3) is 5.78 Å². The number of ketones is 1. The number of aliphatic hydroxyl groups is 1. The molecule has 0 fully saturated rings. The molecule has 5 heteroatoms. The Labute approximate surface area is 120 Å². The van der Waals surface area contributed by atoms with Crippen LogP contribution in [0.2, 0.25) is 0 Å². The fraction of sp³-hybridized carbons (Fsp3) is 0.125. The molecule has 1 aromatic rings. The molecule has 108 valence electrons. The molecule has 0 bridgehead atoms. The smallest absolute Gasteiger partial charge is 0.376 e. The van der Waals surface area contributed by atoms with Crippen LogP contribution in [-0.2, 0) is 16.0 Å². The lowest BCUT2D eigenvalue weighted by Crippen LogP contribution is -2.12. The highest BCUT2D eigenvalue weighted by atomic mass is 19.1. The molecule has 0 aromatic heterocycles. The maximum absolute atomic E-state index is 12.9. The van der Waals surface area contributed by atoms with Crippen molar-refractivity contribution in [3.63, 3.8) is 0 Å². The normalized spacial score (nSPS) is 17.7. The summed E-state index contributed by atoms with van der Waals surface area (Å²) in [6, 6.07) is 5.98. The minimum absolute atomic E-state index is 0.187. The van der Waals surface area contributed by atoms with Gasteiger partial charge in [0, 0.05) is 17.6 Å². The Bertz CT molecular complexity index is 653. The van der Waals surface area contributed by atoms with Crippen molar-refractivity contribution in [1.29, 1.82) is 0 Å². The number of rotatable bonds is 5. The van der Waals surface area contributed by atoms with Crippen molar-refractivity contribution in [2.45, 2.75) is 6.42 Å². The van der Waals surface area contributed by atoms with Gasteiger partial charge in [-0.3, -0.25) is 4.79 Å². The number of aliphatic carboxylic acids is 1. The van der Waals surface area contributed by atoms with E-state index >= 15 is 0 Å². The van der Waals surface area contributed by atoms with Gasteiger partial charge in [-0.05, 0) is 24.1 Å². The molecule has 0 spiro atoms. The summed E-state index contributed by atoms with van der Waals surface area (Å²) in [4.78, 5) is 21.6. The van der Waals surface area contributed by atoms with Crippen molar-refractivity contribution in [2.24, 2.45) is 5.92 Å². The Balaban J connectivity index is 2.13. The summed E-state index contributed by atoms with van der Waals surface area (Å²) in [7, 11) is 0. The van der Waals surface area contributed by atoms with E-state index in [2.05, 4.69) is 0 Å². The van der Waals surface area contributed by atoms with Crippen LogP contribution in [0.1, 0.15) is 5.56 Å². The Morgan fingerprint density at radius 2 is 1.86 bits per heavy atom. The minimum atomic E-state index is -1.62. The van der Waals surface area contributed by atoms with E-state index in [1.54, 1.807) is 24.3 Å². The molecule has 0 amide bonds. The number of hydrogen-bond acceptors (Lipinski definition) is 3. The maximum Gasteiger partial charge on any atom is 0.376 e. The third-order valence-electron chi connectivity index (χ3n) is 3.16. The van der Waals surface area contributed by atoms with Crippen molar-refractivity contribution >= 4 is 11.8 Å². The fourth-order valence-electron chi connectivity index (χ4n) is 2.12. The summed E-state index contributed by atoms with van der Waals surface area (Å²) in [5.41, 5.74) is 1.34. The highest BCUT2D eigenvalue weighted by molar-refractivity contribution is 6.37. The predicted octanol–water partition coefficient (Wildman–Crippen LogP) is 2.58. The standard InChI is InChI=1S/C16H13FO4/c17-12-6-4-10(5-7-12)8-11-2-1-3-13(11)14(18)9-15(19)16(20)21/h1-7,9,11,18H,8H2,(H,20,21)/b14-9-. The van der Waals surface area contributed by atoms with Crippen molar-refractivity contribution in [1.82, 2.24) is 0 Å². The van der Waals surface area contributed by atoms with Crippen LogP contribution >= 0.6 is 0 Å². The second-order valence-electron chi connectivity index (χ2n) is 4.64. The Morgan fingerprint density at radius 3 is 2.48 bits per heavy atom. The largest absolute Gasteiger partial charge is 0.508 e. The van der Waals surface area contributed by atoms with Crippen molar-refractivity contribution in [2.75, 3.05) is 0 Å². The lowest BCUT2D eigenvalue weighted by Gasteiger charge is -2.13. The van der Waals surface area contributed by atoms with Gasteiger partial charge in [-0.2, -0.15) is 0 Å². The molecule has 0 heterocycles. The number of allylic oxidation sites excluding steroid dienone is 4. The topological polar surface area (TPSA) is 74.6 Å². The average molecular weight is 288 g/mol. The van der Waals surface area contributed by atoms with Crippen LogP contribution < -0.4 is 0 Å². The molecular formula is C16H13FO4. The van der Waals surface area contributed by atoms with Gasteiger partial charge in [0.15, 0.2) is 0 Å². The molecule has 1 unspecified atom stereocenters. The van der Waals surface area contributed by atoms with E-state index < -0.39 is 11.8 Å². The van der Waals surface area contributed by atoms with Crippen LogP contribution in [0.25, 0.3) is 0 Å². The maximum atomic E-state index is 12.9. The highest BCUT2D eigenvalue weighted by Crippen LogP contribution is 2.28. The second kappa shape index (κ2) is 6.17. The van der Waals surface area contributed by atoms with Crippen LogP contribution in [0.4, 0.5) is 4.39 Å². The number of aliphatic hydroxyl groups excluding tert-OH is 1. The van der Waals surface area contributed by atoms with Crippen LogP contribution in [0, 0.1) is 11.7 Å². The van der Waals surface area contributed by atoms with Crippen molar-refractivity contribution < 1.29 is 24.2 Å². The van der Waals surface area contributed by atoms with Gasteiger partial charge in [-0.1, -0.05) is 30.4 Å². The molecule has 21 heavy (non-hydrogen) atoms. The molecule has 0 saturated heterocycles. The fourth-order valence-corrected chi connectivity index (χ4v) is 2.12. The third-order valence-corrected chi connectivity index (χ3v) is 3.16. The highest BCUT2D eigenvalue weighted by Gasteiger charge is 2.20. The van der Waals surface area contributed by atoms with Crippen molar-refractivity contribution in [3.05, 3.63) is 71.3 Å². The predicted molar refractivity (Wildman–Crippen MR) is 74.2 cm³/mol. The number of halogens is 1. The van der Waals surface area contributed by atoms with Gasteiger partial charge in [-0.15, -0.1) is 0 Å². The molecule has 2 N–H and O–H groups in total. The minimum Gasteiger partial charge on any atom is -0.508 e. The summed E-state index contributed by atoms with van der Waals surface area (Å²) in [6.45, 7) is 0. The molecule has 2 rings (SSSR count). The quantitative estimate of drug-likeness (QED) is 0.496. The Kier molecular flexibility index (Phi) is 4.33. The van der Waals surface area contributed by atoms with E-state index in [0.29, 0.717) is 18.1 Å². The average Bonchev–Trinajstić information content (AvgIpc) is 2.89. The van der Waals surface area contributed by atoms with Gasteiger partial charge < -0.3 is 10.2 Å². The van der Waals surface area contributed by atoms with E-state index in [0.717, 1.165) is 5.56 Å². The first-order valence-corrected chi connectivity index (χ1v) is 6.28. The zero-order valence-electron chi connectivity index (χ0n) is 11.0. The van der Waals surface area contributed by atoms with Gasteiger partial charge in [0.1, 0.15) is 11.6 Å². The molecule has 0 radical (unpaired) electrons. The van der Waals surface area contributed by atoms with Gasteiger partial charge >= 0.3 is 5.97 Å². The number of carbonyl (C=O) groups is 2. The van der Waals surface area contributed by atoms with Crippen LogP contribution in [0.15, 0.2) is 59.9 Å². The molecule has 1 aromatic carbocycles. The van der Waals surface area contributed by atoms with Gasteiger partial charge in [-0.25, -0.2) is 9.18 Å². The molecule has 1 aliphatic carbocycles. The summed E-state index contributed by atoms with van der Waals surface area (Å²) in [6.07, 6.45) is 6.38. The van der Waals surface area contributed by atoms with Crippen LogP contribution in [0.3, 0.4) is 0 Å². The summed E-state index contributed by atoms with van der Waals surface area (Å²) in [5.74, 6) is -3.68. The third kappa shape index (κ3) is 3.66. The Morgan fingerprint density at radius 1 is 1.19 bits per heavy atom. The molecule has 1 aliphatic rings. The van der Waals surface area contributed by atoms with Crippen LogP contribution in [-0.4, -0.2) is 22.0 Å². The Hall–Kier alpha value is -2.69. The van der Waals surface area contributed by atoms with E-state index in [1.165, 1.54) is 12.1 Å². The molecular weight excluding hydrogens is 275 g/mol. The van der Waals surface area contributed by atoms with E-state index in [-0.39, 0.29) is 17.5 Å². The van der Waals surface area contributed by atoms with Crippen molar-refractivity contribution in [3.8, 4) is 0 Å². The number of benzene rings is 1. The number of carboxylic acid groups (broad SMARTS) is 1. The summed E-state index contributed by atoms with van der Waals surface area (Å²) in [5, 5.41) is 18.4. The van der Waals surface area contributed by atoms with Crippen LogP contribution in [0.5, 0.6) is 0 Å². The van der Waals surface area contributed by atoms with E-state index in [1.807, 2.05) is 6.08 Å². The first-order valence-electron chi connectivity index (χ1n) is 6.28. The lowest BCUT2D eigenvalue weighted by molar-refractivity contribution is -0.146. The SMILES string of the molecule is O=C(O)C(=O)/C=C(\O)C1=CC=CC1Cc1ccc(F)cc1. The molecule has 0 aliphatic heterocycles. The first-order chi connectivity index (χ1) is 9.97. The summed E-state index contributed by atoms with van der Waals surface area (Å²) >= 11 is 0. The molecule has 0 saturated carbocycles. The van der Waals surface area contributed by atoms with E-state index in [9.17, 15) is 19.1 Å². The second-order valence-corrected chi connectivity index (χ2v) is 4.64. The lowest BCUT2D eigenvalue weighted by atomic mass is 9.93. The zero-order valence-corrected chi connectivity index (χ0v) is 11.0. The van der Waals surface area contributed by atoms with Gasteiger partial charge in [0.05, 0.1) is 0 Å².